The zero-order valence-corrected chi connectivity index (χ0v) is 8.78. The van der Waals surface area contributed by atoms with E-state index in [1.54, 1.807) is 6.92 Å². The first-order valence-corrected chi connectivity index (χ1v) is 4.40. The topological polar surface area (TPSA) is 51.0 Å². The molecule has 1 aromatic carbocycles. The number of hydrogen-bond acceptors (Lipinski definition) is 4. The van der Waals surface area contributed by atoms with Crippen molar-refractivity contribution in [1.82, 2.24) is 0 Å². The third kappa shape index (κ3) is 2.82. The minimum Gasteiger partial charge on any atom is -0.493 e. The van der Waals surface area contributed by atoms with E-state index in [4.69, 9.17) is 9.94 Å². The van der Waals surface area contributed by atoms with Crippen LogP contribution in [0.5, 0.6) is 11.5 Å². The Balaban J connectivity index is 3.06. The molecule has 0 saturated carbocycles. The van der Waals surface area contributed by atoms with Gasteiger partial charge >= 0.3 is 6.61 Å². The van der Waals surface area contributed by atoms with Crippen molar-refractivity contribution in [2.45, 2.75) is 13.5 Å². The Morgan fingerprint density at radius 1 is 1.38 bits per heavy atom. The predicted molar refractivity (Wildman–Crippen MR) is 53.6 cm³/mol. The lowest BCUT2D eigenvalue weighted by molar-refractivity contribution is -0.0512. The van der Waals surface area contributed by atoms with Crippen molar-refractivity contribution in [3.8, 4) is 11.5 Å². The molecule has 0 atom stereocenters. The van der Waals surface area contributed by atoms with E-state index in [2.05, 4.69) is 9.89 Å². The first kappa shape index (κ1) is 12.2. The Bertz CT molecular complexity index is 394. The number of nitrogens with zero attached hydrogens (tertiary/aromatic N) is 1. The molecule has 0 spiro atoms. The van der Waals surface area contributed by atoms with Crippen molar-refractivity contribution in [3.63, 3.8) is 0 Å². The van der Waals surface area contributed by atoms with Crippen LogP contribution < -0.4 is 9.47 Å². The van der Waals surface area contributed by atoms with Gasteiger partial charge in [0, 0.05) is 5.56 Å². The summed E-state index contributed by atoms with van der Waals surface area (Å²) in [5.74, 6) is 0.0905. The number of alkyl halides is 2. The summed E-state index contributed by atoms with van der Waals surface area (Å²) < 4.78 is 33.2. The molecule has 1 aromatic rings. The van der Waals surface area contributed by atoms with Crippen LogP contribution in [0.1, 0.15) is 12.5 Å². The molecule has 0 unspecified atom stereocenters. The molecule has 0 radical (unpaired) electrons. The van der Waals surface area contributed by atoms with Gasteiger partial charge in [-0.3, -0.25) is 0 Å². The smallest absolute Gasteiger partial charge is 0.387 e. The van der Waals surface area contributed by atoms with E-state index in [1.807, 2.05) is 0 Å². The number of hydrogen-bond donors (Lipinski definition) is 1. The minimum absolute atomic E-state index is 0.0630. The van der Waals surface area contributed by atoms with Gasteiger partial charge in [-0.2, -0.15) is 8.78 Å². The molecular formula is C10H11F2NO3. The molecule has 0 fully saturated rings. The Kier molecular flexibility index (Phi) is 4.04. The summed E-state index contributed by atoms with van der Waals surface area (Å²) in [6.07, 6.45) is 0. The summed E-state index contributed by atoms with van der Waals surface area (Å²) in [4.78, 5) is 0. The average molecular weight is 231 g/mol. The van der Waals surface area contributed by atoms with Crippen molar-refractivity contribution >= 4 is 5.71 Å². The molecule has 4 nitrogen and oxygen atoms in total. The van der Waals surface area contributed by atoms with E-state index >= 15 is 0 Å². The molecule has 0 amide bonds. The molecule has 0 bridgehead atoms. The quantitative estimate of drug-likeness (QED) is 0.492. The molecular weight excluding hydrogens is 220 g/mol. The normalized spacial score (nSPS) is 11.7. The van der Waals surface area contributed by atoms with Crippen molar-refractivity contribution in [2.24, 2.45) is 5.16 Å². The van der Waals surface area contributed by atoms with Gasteiger partial charge in [0.15, 0.2) is 11.5 Å². The maximum atomic E-state index is 12.0. The highest BCUT2D eigenvalue weighted by molar-refractivity contribution is 5.98. The summed E-state index contributed by atoms with van der Waals surface area (Å²) in [5.41, 5.74) is 0.905. The zero-order valence-electron chi connectivity index (χ0n) is 8.78. The fourth-order valence-corrected chi connectivity index (χ4v) is 1.14. The van der Waals surface area contributed by atoms with Gasteiger partial charge in [0.05, 0.1) is 12.8 Å². The summed E-state index contributed by atoms with van der Waals surface area (Å²) in [6.45, 7) is -1.34. The van der Waals surface area contributed by atoms with Gasteiger partial charge < -0.3 is 14.7 Å². The largest absolute Gasteiger partial charge is 0.493 e. The number of rotatable bonds is 4. The molecule has 0 aliphatic heterocycles. The third-order valence-corrected chi connectivity index (χ3v) is 1.95. The molecule has 16 heavy (non-hydrogen) atoms. The second-order valence-electron chi connectivity index (χ2n) is 2.93. The van der Waals surface area contributed by atoms with Gasteiger partial charge in [-0.05, 0) is 25.1 Å². The van der Waals surface area contributed by atoms with Crippen LogP contribution in [0.25, 0.3) is 0 Å². The molecule has 0 aromatic heterocycles. The van der Waals surface area contributed by atoms with Crippen molar-refractivity contribution in [3.05, 3.63) is 23.8 Å². The van der Waals surface area contributed by atoms with Gasteiger partial charge in [-0.25, -0.2) is 0 Å². The van der Waals surface area contributed by atoms with E-state index in [0.717, 1.165) is 0 Å². The van der Waals surface area contributed by atoms with Crippen LogP contribution in [0, 0.1) is 0 Å². The predicted octanol–water partition coefficient (Wildman–Crippen LogP) is 2.49. The Labute approximate surface area is 91.1 Å². The van der Waals surface area contributed by atoms with Crippen LogP contribution in [0.2, 0.25) is 0 Å². The average Bonchev–Trinajstić information content (AvgIpc) is 2.27. The van der Waals surface area contributed by atoms with Crippen LogP contribution in [0.15, 0.2) is 23.4 Å². The summed E-state index contributed by atoms with van der Waals surface area (Å²) in [7, 11) is 1.34. The summed E-state index contributed by atoms with van der Waals surface area (Å²) >= 11 is 0. The van der Waals surface area contributed by atoms with E-state index in [1.165, 1.54) is 25.3 Å². The number of oxime groups is 1. The lowest BCUT2D eigenvalue weighted by Gasteiger charge is -2.10. The van der Waals surface area contributed by atoms with E-state index in [0.29, 0.717) is 11.3 Å². The fourth-order valence-electron chi connectivity index (χ4n) is 1.14. The SMILES string of the molecule is COc1cc(/C(C)=N/O)ccc1OC(F)F. The Morgan fingerprint density at radius 3 is 2.56 bits per heavy atom. The molecule has 6 heteroatoms. The molecule has 1 N–H and O–H groups in total. The van der Waals surface area contributed by atoms with Crippen molar-refractivity contribution < 1.29 is 23.5 Å². The first-order chi connectivity index (χ1) is 7.58. The highest BCUT2D eigenvalue weighted by atomic mass is 19.3. The van der Waals surface area contributed by atoms with Gasteiger partial charge in [0.25, 0.3) is 0 Å². The van der Waals surface area contributed by atoms with E-state index in [-0.39, 0.29) is 11.5 Å². The van der Waals surface area contributed by atoms with E-state index < -0.39 is 6.61 Å². The number of methoxy groups -OCH3 is 1. The highest BCUT2D eigenvalue weighted by Crippen LogP contribution is 2.29. The Morgan fingerprint density at radius 2 is 2.06 bits per heavy atom. The minimum atomic E-state index is -2.91. The van der Waals surface area contributed by atoms with Crippen LogP contribution >= 0.6 is 0 Å². The number of benzene rings is 1. The maximum absolute atomic E-state index is 12.0. The lowest BCUT2D eigenvalue weighted by Crippen LogP contribution is -2.04. The van der Waals surface area contributed by atoms with Gasteiger partial charge in [0.2, 0.25) is 0 Å². The van der Waals surface area contributed by atoms with Crippen LogP contribution in [-0.2, 0) is 0 Å². The zero-order chi connectivity index (χ0) is 12.1. The molecule has 0 aliphatic rings. The lowest BCUT2D eigenvalue weighted by atomic mass is 10.1. The summed E-state index contributed by atoms with van der Waals surface area (Å²) in [5, 5.41) is 11.6. The molecule has 1 rings (SSSR count). The summed E-state index contributed by atoms with van der Waals surface area (Å²) in [6, 6.07) is 4.27. The highest BCUT2D eigenvalue weighted by Gasteiger charge is 2.11. The van der Waals surface area contributed by atoms with Gasteiger partial charge in [-0.1, -0.05) is 5.16 Å². The van der Waals surface area contributed by atoms with Crippen molar-refractivity contribution in [2.75, 3.05) is 7.11 Å². The van der Waals surface area contributed by atoms with Crippen LogP contribution in [0.3, 0.4) is 0 Å². The third-order valence-electron chi connectivity index (χ3n) is 1.95. The molecule has 0 saturated heterocycles. The van der Waals surface area contributed by atoms with Crippen LogP contribution in [0.4, 0.5) is 8.78 Å². The van der Waals surface area contributed by atoms with Crippen LogP contribution in [-0.4, -0.2) is 24.6 Å². The molecule has 88 valence electrons. The van der Waals surface area contributed by atoms with Crippen molar-refractivity contribution in [1.29, 1.82) is 0 Å². The molecule has 0 aliphatic carbocycles. The van der Waals surface area contributed by atoms with Gasteiger partial charge in [-0.15, -0.1) is 0 Å². The monoisotopic (exact) mass is 231 g/mol. The van der Waals surface area contributed by atoms with Gasteiger partial charge in [0.1, 0.15) is 0 Å². The first-order valence-electron chi connectivity index (χ1n) is 4.40. The Hall–Kier alpha value is -1.85. The second-order valence-corrected chi connectivity index (χ2v) is 2.93. The second kappa shape index (κ2) is 5.29. The number of ether oxygens (including phenoxy) is 2. The maximum Gasteiger partial charge on any atom is 0.387 e. The van der Waals surface area contributed by atoms with E-state index in [9.17, 15) is 8.78 Å². The molecule has 0 heterocycles. The number of halogens is 2. The standard InChI is InChI=1S/C10H11F2NO3/c1-6(13-14)7-3-4-8(16-10(11)12)9(5-7)15-2/h3-5,10,14H,1-2H3/b13-6+. The fraction of sp³-hybridized carbons (Fsp3) is 0.300.